The topological polar surface area (TPSA) is 50.5 Å². The number of amides is 1. The lowest BCUT2D eigenvalue weighted by Gasteiger charge is -2.43. The van der Waals surface area contributed by atoms with Crippen molar-refractivity contribution >= 4 is 16.9 Å². The third-order valence-corrected chi connectivity index (χ3v) is 5.35. The quantitative estimate of drug-likeness (QED) is 0.808. The highest BCUT2D eigenvalue weighted by Gasteiger charge is 2.36. The average Bonchev–Trinajstić information content (AvgIpc) is 2.60. The Morgan fingerprint density at radius 2 is 1.87 bits per heavy atom. The number of hydrogen-bond donors (Lipinski definition) is 0. The number of fused-ring (bicyclic) bond motifs is 2. The Hall–Kier alpha value is -2.10. The molecule has 1 saturated carbocycles. The number of likely N-dealkylation sites (tertiary alicyclic amines) is 1. The van der Waals surface area contributed by atoms with Crippen LogP contribution in [-0.4, -0.2) is 23.4 Å². The molecule has 4 heteroatoms. The summed E-state index contributed by atoms with van der Waals surface area (Å²) in [6.45, 7) is 0.774. The standard InChI is InChI=1S/C19H21NO3/c21-16-12-18(23-17-10-4-2-8-14(16)17)19(22)20-11-5-7-13-6-1-3-9-15(13)20/h2,4,8,10,12-13,15H,1,3,5-7,9,11H2. The van der Waals surface area contributed by atoms with Crippen molar-refractivity contribution in [1.82, 2.24) is 4.90 Å². The van der Waals surface area contributed by atoms with Gasteiger partial charge in [0.1, 0.15) is 5.58 Å². The summed E-state index contributed by atoms with van der Waals surface area (Å²) in [4.78, 5) is 27.1. The van der Waals surface area contributed by atoms with Crippen molar-refractivity contribution in [1.29, 1.82) is 0 Å². The molecule has 1 aliphatic carbocycles. The molecule has 0 radical (unpaired) electrons. The highest BCUT2D eigenvalue weighted by molar-refractivity contribution is 5.93. The molecule has 2 atom stereocenters. The summed E-state index contributed by atoms with van der Waals surface area (Å²) < 4.78 is 5.75. The van der Waals surface area contributed by atoms with Gasteiger partial charge >= 0.3 is 0 Å². The Morgan fingerprint density at radius 1 is 1.09 bits per heavy atom. The van der Waals surface area contributed by atoms with Gasteiger partial charge in [-0.3, -0.25) is 9.59 Å². The molecule has 2 heterocycles. The maximum absolute atomic E-state index is 12.9. The van der Waals surface area contributed by atoms with Crippen LogP contribution in [0.2, 0.25) is 0 Å². The van der Waals surface area contributed by atoms with Crippen LogP contribution >= 0.6 is 0 Å². The van der Waals surface area contributed by atoms with Crippen LogP contribution in [0.15, 0.2) is 39.5 Å². The highest BCUT2D eigenvalue weighted by atomic mass is 16.3. The SMILES string of the molecule is O=C(c1cc(=O)c2ccccc2o1)N1CCCC2CCCCC21. The minimum atomic E-state index is -0.146. The third kappa shape index (κ3) is 2.56. The molecule has 2 fully saturated rings. The average molecular weight is 311 g/mol. The fraction of sp³-hybridized carbons (Fsp3) is 0.474. The van der Waals surface area contributed by atoms with Gasteiger partial charge in [-0.05, 0) is 43.7 Å². The molecule has 120 valence electrons. The first-order chi connectivity index (χ1) is 11.2. The van der Waals surface area contributed by atoms with Gasteiger partial charge < -0.3 is 9.32 Å². The van der Waals surface area contributed by atoms with Crippen molar-refractivity contribution in [3.8, 4) is 0 Å². The molecule has 23 heavy (non-hydrogen) atoms. The molecule has 2 aliphatic rings. The van der Waals surface area contributed by atoms with Crippen molar-refractivity contribution in [3.63, 3.8) is 0 Å². The second-order valence-electron chi connectivity index (χ2n) is 6.72. The second kappa shape index (κ2) is 5.84. The second-order valence-corrected chi connectivity index (χ2v) is 6.72. The largest absolute Gasteiger partial charge is 0.451 e. The minimum absolute atomic E-state index is 0.121. The summed E-state index contributed by atoms with van der Waals surface area (Å²) in [5.74, 6) is 0.679. The zero-order valence-electron chi connectivity index (χ0n) is 13.2. The number of carbonyl (C=O) groups is 1. The summed E-state index contributed by atoms with van der Waals surface area (Å²) >= 11 is 0. The first kappa shape index (κ1) is 14.5. The van der Waals surface area contributed by atoms with Crippen molar-refractivity contribution in [2.24, 2.45) is 5.92 Å². The molecule has 1 saturated heterocycles. The number of piperidine rings is 1. The van der Waals surface area contributed by atoms with E-state index in [1.807, 2.05) is 11.0 Å². The number of rotatable bonds is 1. The van der Waals surface area contributed by atoms with Crippen molar-refractivity contribution in [3.05, 3.63) is 46.3 Å². The number of hydrogen-bond acceptors (Lipinski definition) is 3. The van der Waals surface area contributed by atoms with Gasteiger partial charge in [0, 0.05) is 18.7 Å². The van der Waals surface area contributed by atoms with Crippen LogP contribution in [0.3, 0.4) is 0 Å². The Morgan fingerprint density at radius 3 is 2.78 bits per heavy atom. The van der Waals surface area contributed by atoms with Crippen LogP contribution < -0.4 is 5.43 Å². The zero-order chi connectivity index (χ0) is 15.8. The van der Waals surface area contributed by atoms with E-state index in [-0.39, 0.29) is 17.1 Å². The molecule has 2 aromatic rings. The van der Waals surface area contributed by atoms with E-state index < -0.39 is 0 Å². The van der Waals surface area contributed by atoms with E-state index in [0.29, 0.717) is 22.9 Å². The predicted octanol–water partition coefficient (Wildman–Crippen LogP) is 3.59. The molecule has 2 unspecified atom stereocenters. The third-order valence-electron chi connectivity index (χ3n) is 5.35. The Labute approximate surface area is 135 Å². The molecule has 1 aromatic heterocycles. The van der Waals surface area contributed by atoms with Crippen LogP contribution in [0.25, 0.3) is 11.0 Å². The number of nitrogens with zero attached hydrogens (tertiary/aromatic N) is 1. The van der Waals surface area contributed by atoms with E-state index in [1.165, 1.54) is 31.7 Å². The van der Waals surface area contributed by atoms with Gasteiger partial charge in [0.25, 0.3) is 5.91 Å². The molecule has 1 aromatic carbocycles. The fourth-order valence-electron chi connectivity index (χ4n) is 4.23. The van der Waals surface area contributed by atoms with E-state index in [0.717, 1.165) is 19.4 Å². The Balaban J connectivity index is 1.69. The summed E-state index contributed by atoms with van der Waals surface area (Å²) in [5.41, 5.74) is 0.341. The highest BCUT2D eigenvalue weighted by Crippen LogP contribution is 2.36. The monoisotopic (exact) mass is 311 g/mol. The first-order valence-corrected chi connectivity index (χ1v) is 8.58. The van der Waals surface area contributed by atoms with Gasteiger partial charge in [-0.15, -0.1) is 0 Å². The normalized spacial score (nSPS) is 24.4. The lowest BCUT2D eigenvalue weighted by Crippen LogP contribution is -2.49. The fourth-order valence-corrected chi connectivity index (χ4v) is 4.23. The van der Waals surface area contributed by atoms with E-state index in [1.54, 1.807) is 18.2 Å². The number of para-hydroxylation sites is 1. The zero-order valence-corrected chi connectivity index (χ0v) is 13.2. The molecular formula is C19H21NO3. The molecule has 1 aliphatic heterocycles. The van der Waals surface area contributed by atoms with Crippen molar-refractivity contribution in [2.45, 2.75) is 44.6 Å². The van der Waals surface area contributed by atoms with E-state index in [2.05, 4.69) is 0 Å². The van der Waals surface area contributed by atoms with Gasteiger partial charge in [0.2, 0.25) is 0 Å². The predicted molar refractivity (Wildman–Crippen MR) is 88.5 cm³/mol. The molecule has 4 nitrogen and oxygen atoms in total. The summed E-state index contributed by atoms with van der Waals surface area (Å²) in [5, 5.41) is 0.526. The van der Waals surface area contributed by atoms with Crippen LogP contribution in [0.4, 0.5) is 0 Å². The van der Waals surface area contributed by atoms with Gasteiger partial charge in [-0.25, -0.2) is 0 Å². The molecule has 0 bridgehead atoms. The molecular weight excluding hydrogens is 290 g/mol. The Kier molecular flexibility index (Phi) is 3.68. The van der Waals surface area contributed by atoms with Crippen molar-refractivity contribution < 1.29 is 9.21 Å². The maximum atomic E-state index is 12.9. The summed E-state index contributed by atoms with van der Waals surface area (Å²) in [7, 11) is 0. The molecule has 4 rings (SSSR count). The first-order valence-electron chi connectivity index (χ1n) is 8.58. The van der Waals surface area contributed by atoms with Gasteiger partial charge in [0.15, 0.2) is 11.2 Å². The van der Waals surface area contributed by atoms with Gasteiger partial charge in [-0.2, -0.15) is 0 Å². The summed E-state index contributed by atoms with van der Waals surface area (Å²) in [6.07, 6.45) is 7.02. The lowest BCUT2D eigenvalue weighted by molar-refractivity contribution is 0.0363. The van der Waals surface area contributed by atoms with Gasteiger partial charge in [0.05, 0.1) is 5.39 Å². The Bertz CT molecular complexity index is 793. The molecule has 0 spiro atoms. The molecule has 1 amide bonds. The van der Waals surface area contributed by atoms with Crippen molar-refractivity contribution in [2.75, 3.05) is 6.54 Å². The minimum Gasteiger partial charge on any atom is -0.451 e. The van der Waals surface area contributed by atoms with Crippen LogP contribution in [0.1, 0.15) is 49.1 Å². The van der Waals surface area contributed by atoms with Crippen LogP contribution in [0.5, 0.6) is 0 Å². The van der Waals surface area contributed by atoms with E-state index >= 15 is 0 Å². The lowest BCUT2D eigenvalue weighted by atomic mass is 9.78. The van der Waals surface area contributed by atoms with Gasteiger partial charge in [-0.1, -0.05) is 25.0 Å². The van der Waals surface area contributed by atoms with Crippen LogP contribution in [-0.2, 0) is 0 Å². The van der Waals surface area contributed by atoms with E-state index in [4.69, 9.17) is 4.42 Å². The maximum Gasteiger partial charge on any atom is 0.289 e. The number of carbonyl (C=O) groups excluding carboxylic acids is 1. The summed E-state index contributed by atoms with van der Waals surface area (Å²) in [6, 6.07) is 8.77. The van der Waals surface area contributed by atoms with E-state index in [9.17, 15) is 9.59 Å². The van der Waals surface area contributed by atoms with Crippen LogP contribution in [0, 0.1) is 5.92 Å². The number of benzene rings is 1. The smallest absolute Gasteiger partial charge is 0.289 e. The molecule has 0 N–H and O–H groups in total.